The Balaban J connectivity index is 0.000000128. The number of phosphoric ester groups is 2. The van der Waals surface area contributed by atoms with Gasteiger partial charge in [0.2, 0.25) is 0 Å². The molecule has 9 fully saturated rings. The van der Waals surface area contributed by atoms with Gasteiger partial charge in [-0.2, -0.15) is 44.1 Å². The van der Waals surface area contributed by atoms with Crippen LogP contribution in [0.25, 0.3) is 67.0 Å². The number of aromatic amines is 2. The molecule has 0 radical (unpaired) electrons. The molecule has 132 heavy (non-hydrogen) atoms. The Hall–Kier alpha value is -10.00. The van der Waals surface area contributed by atoms with E-state index in [1.165, 1.54) is 75.4 Å². The van der Waals surface area contributed by atoms with Crippen LogP contribution in [0.15, 0.2) is 72.5 Å². The lowest BCUT2D eigenvalue weighted by molar-refractivity contribution is -0.0536. The van der Waals surface area contributed by atoms with Crippen LogP contribution in [0.4, 0.5) is 31.9 Å². The number of phosphoric acid groups is 2. The summed E-state index contributed by atoms with van der Waals surface area (Å²) in [5.41, 5.74) is 24.1. The number of fused-ring (bicyclic) bond motifs is 15. The molecule has 21 rings (SSSR count). The minimum atomic E-state index is -5.08. The monoisotopic (exact) mass is 1990 g/mol. The minimum Gasteiger partial charge on any atom is -0.397 e. The highest BCUT2D eigenvalue weighted by Gasteiger charge is 2.57. The summed E-state index contributed by atoms with van der Waals surface area (Å²) < 4.78 is 234. The van der Waals surface area contributed by atoms with Gasteiger partial charge in [0, 0.05) is 38.7 Å². The number of H-pyrrole nitrogens is 2. The van der Waals surface area contributed by atoms with Crippen molar-refractivity contribution < 1.29 is 136 Å². The van der Waals surface area contributed by atoms with Crippen molar-refractivity contribution in [2.45, 2.75) is 162 Å². The Morgan fingerprint density at radius 3 is 1.45 bits per heavy atom. The van der Waals surface area contributed by atoms with E-state index in [1.54, 1.807) is 6.92 Å². The molecule has 9 saturated heterocycles. The summed E-state index contributed by atoms with van der Waals surface area (Å²) in [5, 5.41) is 29.8. The Morgan fingerprint density at radius 1 is 0.455 bits per heavy atom. The fourth-order valence-electron chi connectivity index (χ4n) is 15.9. The number of hydrogen-bond acceptors (Lipinski definition) is 48. The molecular formula is C62H72F2N31O30P3S4. The van der Waals surface area contributed by atoms with Crippen LogP contribution in [0.3, 0.4) is 0 Å². The summed E-state index contributed by atoms with van der Waals surface area (Å²) in [5.74, 6) is 0.684. The number of nitrogens with zero attached hydrogens (tertiary/aromatic N) is 22. The lowest BCUT2D eigenvalue weighted by atomic mass is 10.1. The van der Waals surface area contributed by atoms with Gasteiger partial charge in [-0.3, -0.25) is 55.0 Å². The van der Waals surface area contributed by atoms with E-state index in [9.17, 15) is 68.9 Å². The molecule has 18 N–H and O–H groups in total. The summed E-state index contributed by atoms with van der Waals surface area (Å²) >= 11 is 5.17. The topological polar surface area (TPSA) is 818 Å². The van der Waals surface area contributed by atoms with E-state index in [1.807, 2.05) is 0 Å². The maximum absolute atomic E-state index is 16.0. The van der Waals surface area contributed by atoms with Crippen LogP contribution in [0.2, 0.25) is 0 Å². The summed E-state index contributed by atoms with van der Waals surface area (Å²) in [6, 6.07) is 1.50. The number of nitrogen functional groups attached to an aromatic ring is 4. The Morgan fingerprint density at radius 2 is 0.902 bits per heavy atom. The molecule has 0 aromatic carbocycles. The van der Waals surface area contributed by atoms with Gasteiger partial charge in [-0.1, -0.05) is 5.21 Å². The van der Waals surface area contributed by atoms with Crippen LogP contribution < -0.4 is 48.2 Å². The first-order valence-electron chi connectivity index (χ1n) is 38.9. The standard InChI is InChI=1S/C21H24FN10O10PS.C21H25N10O11PS.C20H23FN11O9PS2/c22-11-15-9(39-20(11)31-7-29-13-17(24)26-5-27-19(13)31)3-30-44(36,37)42-16-14(33)10(4-38-43(34,35)41-15)40-21(16)32-6-28-12-8(23)1-2-25-18(12)32;1-8-28-19-14(20(33)29-8)26-7-31(19)21-16-15(32)11(40-21)4-38-43(34,35)41-9-2-12(39-10(9)3-27-44(36,37)42-16)30-6-25-13-17(22)23-5-24-18(13)30;1-7-27-17-13(18(33)28-7)29-30-32(17)19-9-2-8(38-19)4-37-42(34,43)40-14-10(3-26-44(35,36)41-9)39-20(11(14)21)31-6-25-12-15(22)23-5-24-16(12)31/h1-2,5-7,9-11,14-16,20-21,30,33H,3-4H2,(H2,23,25)(H,34,35)(H2,24,26,27);5-7,9-12,15-16,21,27,32H,2-4H2,1H3,(H,34,35)(H2,22,23,24)(H,28,29,33);5-6,8-11,14,19-20,26H,2-4H2,1H3,(H,34,43)(H2,22,23,24)(H,27,28,33). The zero-order chi connectivity index (χ0) is 92.9. The molecule has 708 valence electrons. The number of anilines is 4. The second-order valence-electron chi connectivity index (χ2n) is 30.4. The summed E-state index contributed by atoms with van der Waals surface area (Å²) in [7, 11) is -23.9. The Bertz CT molecular complexity index is 7150. The molecule has 25 atom stereocenters. The van der Waals surface area contributed by atoms with Crippen LogP contribution in [0.5, 0.6) is 0 Å². The molecule has 25 unspecified atom stereocenters. The van der Waals surface area contributed by atoms with Crippen molar-refractivity contribution >= 4 is 155 Å². The predicted molar refractivity (Wildman–Crippen MR) is 433 cm³/mol. The van der Waals surface area contributed by atoms with Gasteiger partial charge in [0.25, 0.3) is 11.1 Å². The number of aromatic nitrogens is 24. The molecule has 0 aliphatic carbocycles. The maximum Gasteiger partial charge on any atom is 0.472 e. The smallest absolute Gasteiger partial charge is 0.397 e. The first kappa shape index (κ1) is 91.1. The fraction of sp³-hybridized carbons (Fsp3) is 0.516. The third-order valence-corrected chi connectivity index (χ3v) is 28.5. The van der Waals surface area contributed by atoms with E-state index in [-0.39, 0.29) is 103 Å². The quantitative estimate of drug-likeness (QED) is 0.0697. The van der Waals surface area contributed by atoms with E-state index >= 15 is 8.78 Å². The molecule has 0 amide bonds. The third kappa shape index (κ3) is 17.7. The summed E-state index contributed by atoms with van der Waals surface area (Å²) in [6.07, 6.45) is -21.1. The van der Waals surface area contributed by atoms with E-state index in [0.717, 1.165) is 21.9 Å². The lowest BCUT2D eigenvalue weighted by Crippen LogP contribution is -2.43. The van der Waals surface area contributed by atoms with Crippen LogP contribution in [0, 0.1) is 13.8 Å². The second-order valence-corrected chi connectivity index (χ2v) is 40.2. The number of halogens is 2. The van der Waals surface area contributed by atoms with Gasteiger partial charge >= 0.3 is 53.3 Å². The van der Waals surface area contributed by atoms with Crippen LogP contribution in [-0.4, -0.2) is 305 Å². The average molecular weight is 1990 g/mol. The van der Waals surface area contributed by atoms with Gasteiger partial charge in [0.15, 0.2) is 118 Å². The van der Waals surface area contributed by atoms with Gasteiger partial charge < -0.3 is 90.7 Å². The lowest BCUT2D eigenvalue weighted by Gasteiger charge is -2.25. The van der Waals surface area contributed by atoms with Crippen molar-refractivity contribution in [2.75, 3.05) is 62.4 Å². The number of hydrogen-bond donors (Lipinski definition) is 14. The molecule has 0 spiro atoms. The third-order valence-electron chi connectivity index (χ3n) is 21.9. The molecule has 12 aromatic rings. The first-order valence-corrected chi connectivity index (χ1v) is 48.7. The number of nitrogens with one attached hydrogen (secondary N) is 5. The van der Waals surface area contributed by atoms with Crippen LogP contribution >= 0.6 is 22.4 Å². The normalized spacial score (nSPS) is 34.9. The van der Waals surface area contributed by atoms with Gasteiger partial charge in [-0.25, -0.2) is 100 Å². The number of alkyl halides is 2. The second kappa shape index (κ2) is 34.7. The van der Waals surface area contributed by atoms with Crippen LogP contribution in [-0.2, 0) is 120 Å². The van der Waals surface area contributed by atoms with E-state index in [2.05, 4.69) is 104 Å². The number of nitrogens with two attached hydrogens (primary N) is 4. The molecule has 0 saturated carbocycles. The van der Waals surface area contributed by atoms with Gasteiger partial charge in [-0.15, -0.1) is 5.10 Å². The van der Waals surface area contributed by atoms with Crippen molar-refractivity contribution in [2.24, 2.45) is 0 Å². The van der Waals surface area contributed by atoms with Gasteiger partial charge in [-0.05, 0) is 31.7 Å². The highest BCUT2D eigenvalue weighted by molar-refractivity contribution is 8.07. The SMILES string of the molecule is Cc1nc2c(ncn2C2OC3COP(=O)(O)OC4CC(n5cnc6c(N)ncnc65)OC4CNS(=O)(=O)OC2C3O)c(=O)[nH]1.Cc1nc2c(nnn2C2OC3COP(O)(=S)OC4C(CNS(=O)(=O)OC2C3)OC(n2cnc3c(N)ncnc32)C4F)c(=O)[nH]1.Nc1ncnc2c1ncn2C1OC2CNS(=O)(=O)OC3C(O)C(COP(=O)(O)OC2C1F)OC3n1cnc2c(N)ccnc21. The van der Waals surface area contributed by atoms with Crippen molar-refractivity contribution in [1.29, 1.82) is 0 Å². The largest absolute Gasteiger partial charge is 0.472 e. The molecule has 61 nitrogen and oxygen atoms in total. The van der Waals surface area contributed by atoms with Gasteiger partial charge in [0.05, 0.1) is 63.2 Å². The molecule has 70 heteroatoms. The predicted octanol–water partition coefficient (Wildman–Crippen LogP) is -4.58. The van der Waals surface area contributed by atoms with E-state index in [0.29, 0.717) is 11.2 Å². The Kier molecular flexibility index (Phi) is 24.0. The number of rotatable bonds is 6. The van der Waals surface area contributed by atoms with E-state index in [4.69, 9.17) is 103 Å². The van der Waals surface area contributed by atoms with Crippen molar-refractivity contribution in [3.63, 3.8) is 0 Å². The molecule has 6 bridgehead atoms. The molecule has 9 aliphatic rings. The number of aliphatic hydroxyl groups excluding tert-OH is 2. The fourth-order valence-corrected chi connectivity index (χ4v) is 22.1. The van der Waals surface area contributed by atoms with Crippen molar-refractivity contribution in [3.8, 4) is 0 Å². The number of aliphatic hydroxyl groups is 2. The average Bonchev–Trinajstić information content (AvgIpc) is 1.70. The molecular weight excluding hydrogens is 1920 g/mol. The summed E-state index contributed by atoms with van der Waals surface area (Å²) in [6.45, 7) is -4.71. The molecule has 12 aromatic heterocycles. The van der Waals surface area contributed by atoms with Crippen molar-refractivity contribution in [3.05, 3.63) is 95.2 Å². The van der Waals surface area contributed by atoms with E-state index < -0.39 is 239 Å². The summed E-state index contributed by atoms with van der Waals surface area (Å²) in [4.78, 5) is 119. The highest BCUT2D eigenvalue weighted by atomic mass is 32.5. The number of aryl methyl sites for hydroxylation is 2. The number of ether oxygens (including phenoxy) is 6. The minimum absolute atomic E-state index is 0.0133. The maximum atomic E-state index is 16.0. The highest BCUT2D eigenvalue weighted by Crippen LogP contribution is 2.54. The van der Waals surface area contributed by atoms with Crippen LogP contribution in [0.1, 0.15) is 61.9 Å². The zero-order valence-corrected chi connectivity index (χ0v) is 72.9. The molecule has 9 aliphatic heterocycles. The first-order chi connectivity index (χ1) is 62.7. The van der Waals surface area contributed by atoms with Crippen molar-refractivity contribution in [1.82, 2.24) is 132 Å². The Labute approximate surface area is 739 Å². The molecule has 21 heterocycles. The number of imidazole rings is 5. The number of pyridine rings is 1. The zero-order valence-electron chi connectivity index (χ0n) is 67.0. The van der Waals surface area contributed by atoms with Gasteiger partial charge in [0.1, 0.15) is 126 Å².